The van der Waals surface area contributed by atoms with Crippen molar-refractivity contribution in [3.63, 3.8) is 0 Å². The van der Waals surface area contributed by atoms with Crippen LogP contribution in [0.2, 0.25) is 0 Å². The van der Waals surface area contributed by atoms with E-state index in [1.165, 1.54) is 0 Å². The van der Waals surface area contributed by atoms with Gasteiger partial charge in [-0.2, -0.15) is 0 Å². The summed E-state index contributed by atoms with van der Waals surface area (Å²) in [6.45, 7) is 7.05. The van der Waals surface area contributed by atoms with E-state index >= 15 is 0 Å². The van der Waals surface area contributed by atoms with Gasteiger partial charge >= 0.3 is 0 Å². The Morgan fingerprint density at radius 2 is 2.09 bits per heavy atom. The molecular weight excluding hydrogens is 504 g/mol. The first-order chi connectivity index (χ1) is 15.8. The number of aryl methyl sites for hydroxylation is 1. The molecule has 180 valence electrons. The number of hydrogen-bond acceptors (Lipinski definition) is 6. The second-order valence-corrected chi connectivity index (χ2v) is 11.5. The average Bonchev–Trinajstić information content (AvgIpc) is 2.81. The third kappa shape index (κ3) is 7.52. The molecule has 33 heavy (non-hydrogen) atoms. The Balaban J connectivity index is 1.72. The van der Waals surface area contributed by atoms with Crippen molar-refractivity contribution >= 4 is 37.7 Å². The molecule has 1 fully saturated rings. The van der Waals surface area contributed by atoms with Crippen LogP contribution < -0.4 is 4.74 Å². The fourth-order valence-electron chi connectivity index (χ4n) is 3.40. The van der Waals surface area contributed by atoms with Crippen molar-refractivity contribution in [3.8, 4) is 11.6 Å². The topological polar surface area (TPSA) is 76.4 Å². The predicted molar refractivity (Wildman–Crippen MR) is 137 cm³/mol. The SMILES string of the molecule is CCN(C)C=Nc1cc(Br)c(Oc2cccc(S(C)(=O)=NCCC3CCOCC3)c2)nc1C. The molecule has 0 saturated carbocycles. The Bertz CT molecular complexity index is 1090. The third-order valence-corrected chi connectivity index (χ3v) is 8.05. The number of rotatable bonds is 9. The van der Waals surface area contributed by atoms with Crippen molar-refractivity contribution in [1.82, 2.24) is 9.88 Å². The second-order valence-electron chi connectivity index (χ2n) is 8.27. The van der Waals surface area contributed by atoms with Gasteiger partial charge < -0.3 is 14.4 Å². The molecule has 3 rings (SSSR count). The van der Waals surface area contributed by atoms with Gasteiger partial charge in [0.25, 0.3) is 0 Å². The highest BCUT2D eigenvalue weighted by Crippen LogP contribution is 2.33. The van der Waals surface area contributed by atoms with Crippen LogP contribution in [0.1, 0.15) is 31.9 Å². The van der Waals surface area contributed by atoms with Gasteiger partial charge in [0.15, 0.2) is 0 Å². The lowest BCUT2D eigenvalue weighted by atomic mass is 9.97. The van der Waals surface area contributed by atoms with E-state index in [0.717, 1.165) is 50.4 Å². The first-order valence-electron chi connectivity index (χ1n) is 11.2. The summed E-state index contributed by atoms with van der Waals surface area (Å²) in [5.41, 5.74) is 1.52. The summed E-state index contributed by atoms with van der Waals surface area (Å²) >= 11 is 3.53. The highest BCUT2D eigenvalue weighted by atomic mass is 79.9. The van der Waals surface area contributed by atoms with Gasteiger partial charge in [-0.15, -0.1) is 0 Å². The number of aromatic nitrogens is 1. The lowest BCUT2D eigenvalue weighted by Crippen LogP contribution is -2.16. The zero-order chi connectivity index (χ0) is 23.8. The van der Waals surface area contributed by atoms with E-state index < -0.39 is 9.73 Å². The molecular formula is C24H33BrN4O3S. The van der Waals surface area contributed by atoms with E-state index in [1.54, 1.807) is 18.7 Å². The Kier molecular flexibility index (Phi) is 9.28. The van der Waals surface area contributed by atoms with Crippen LogP contribution in [0.4, 0.5) is 5.69 Å². The largest absolute Gasteiger partial charge is 0.438 e. The molecule has 0 amide bonds. The first-order valence-corrected chi connectivity index (χ1v) is 13.9. The van der Waals surface area contributed by atoms with Gasteiger partial charge in [-0.1, -0.05) is 6.07 Å². The van der Waals surface area contributed by atoms with E-state index in [4.69, 9.17) is 9.47 Å². The summed E-state index contributed by atoms with van der Waals surface area (Å²) in [7, 11) is -0.544. The molecule has 1 aliphatic rings. The molecule has 1 aromatic carbocycles. The summed E-state index contributed by atoms with van der Waals surface area (Å²) in [5.74, 6) is 1.61. The van der Waals surface area contributed by atoms with E-state index in [-0.39, 0.29) is 0 Å². The molecule has 0 aliphatic carbocycles. The average molecular weight is 538 g/mol. The first kappa shape index (κ1) is 25.6. The van der Waals surface area contributed by atoms with Crippen molar-refractivity contribution < 1.29 is 13.7 Å². The van der Waals surface area contributed by atoms with Crippen molar-refractivity contribution in [2.75, 3.05) is 39.6 Å². The Hall–Kier alpha value is -1.97. The monoisotopic (exact) mass is 536 g/mol. The number of pyridine rings is 1. The lowest BCUT2D eigenvalue weighted by Gasteiger charge is -2.21. The highest BCUT2D eigenvalue weighted by Gasteiger charge is 2.15. The fourth-order valence-corrected chi connectivity index (χ4v) is 5.05. The Morgan fingerprint density at radius 3 is 2.82 bits per heavy atom. The molecule has 0 bridgehead atoms. The van der Waals surface area contributed by atoms with Gasteiger partial charge in [0.2, 0.25) is 5.88 Å². The van der Waals surface area contributed by atoms with Crippen molar-refractivity contribution in [3.05, 3.63) is 40.5 Å². The van der Waals surface area contributed by atoms with Crippen LogP contribution in [0.5, 0.6) is 11.6 Å². The summed E-state index contributed by atoms with van der Waals surface area (Å²) in [4.78, 5) is 11.7. The minimum Gasteiger partial charge on any atom is -0.438 e. The smallest absolute Gasteiger partial charge is 0.233 e. The number of aliphatic imine (C=N–C) groups is 1. The molecule has 2 heterocycles. The van der Waals surface area contributed by atoms with Crippen LogP contribution in [0.25, 0.3) is 0 Å². The molecule has 1 unspecified atom stereocenters. The van der Waals surface area contributed by atoms with Crippen LogP contribution in [0, 0.1) is 12.8 Å². The molecule has 7 nitrogen and oxygen atoms in total. The number of benzene rings is 1. The summed E-state index contributed by atoms with van der Waals surface area (Å²) in [6, 6.07) is 9.17. The maximum Gasteiger partial charge on any atom is 0.233 e. The van der Waals surface area contributed by atoms with Gasteiger partial charge in [0.1, 0.15) is 5.75 Å². The van der Waals surface area contributed by atoms with Gasteiger partial charge in [-0.3, -0.25) is 0 Å². The normalized spacial score (nSPS) is 16.5. The van der Waals surface area contributed by atoms with E-state index in [9.17, 15) is 4.21 Å². The second kappa shape index (κ2) is 11.9. The van der Waals surface area contributed by atoms with Gasteiger partial charge in [0.05, 0.1) is 36.8 Å². The molecule has 0 N–H and O–H groups in total. The third-order valence-electron chi connectivity index (χ3n) is 5.67. The molecule has 0 spiro atoms. The van der Waals surface area contributed by atoms with Crippen LogP contribution >= 0.6 is 15.9 Å². The van der Waals surface area contributed by atoms with Crippen LogP contribution in [0.15, 0.2) is 49.1 Å². The van der Waals surface area contributed by atoms with Crippen molar-refractivity contribution in [1.29, 1.82) is 0 Å². The molecule has 2 aromatic rings. The Labute approximate surface area is 205 Å². The number of hydrogen-bond donors (Lipinski definition) is 0. The lowest BCUT2D eigenvalue weighted by molar-refractivity contribution is 0.0647. The quantitative estimate of drug-likeness (QED) is 0.297. The van der Waals surface area contributed by atoms with E-state index in [0.29, 0.717) is 33.5 Å². The maximum atomic E-state index is 13.3. The molecule has 1 aromatic heterocycles. The zero-order valence-corrected chi connectivity index (χ0v) is 22.2. The predicted octanol–water partition coefficient (Wildman–Crippen LogP) is 5.83. The summed E-state index contributed by atoms with van der Waals surface area (Å²) in [6.07, 6.45) is 6.54. The van der Waals surface area contributed by atoms with E-state index in [1.807, 2.05) is 43.1 Å². The summed E-state index contributed by atoms with van der Waals surface area (Å²) < 4.78 is 29.9. The molecule has 1 aliphatic heterocycles. The minimum atomic E-state index is -2.51. The van der Waals surface area contributed by atoms with Gasteiger partial charge in [-0.25, -0.2) is 18.5 Å². The number of ether oxygens (including phenoxy) is 2. The van der Waals surface area contributed by atoms with Crippen molar-refractivity contribution in [2.24, 2.45) is 15.3 Å². The van der Waals surface area contributed by atoms with Crippen molar-refractivity contribution in [2.45, 2.75) is 38.0 Å². The molecule has 0 radical (unpaired) electrons. The van der Waals surface area contributed by atoms with Gasteiger partial charge in [0, 0.05) is 39.6 Å². The maximum absolute atomic E-state index is 13.3. The van der Waals surface area contributed by atoms with E-state index in [2.05, 4.69) is 37.2 Å². The van der Waals surface area contributed by atoms with Crippen LogP contribution in [0.3, 0.4) is 0 Å². The molecule has 9 heteroatoms. The number of nitrogens with zero attached hydrogens (tertiary/aromatic N) is 4. The molecule has 1 atom stereocenters. The number of halogens is 1. The van der Waals surface area contributed by atoms with Crippen LogP contribution in [-0.4, -0.2) is 60.0 Å². The standard InChI is InChI=1S/C24H33BrN4O3S/c1-5-29(3)17-26-23-16-22(25)24(28-18(23)2)32-20-7-6-8-21(15-20)33(4,30)27-12-9-19-10-13-31-14-11-19/h6-8,15-17,19H,5,9-14H2,1-4H3. The minimum absolute atomic E-state index is 0.437. The van der Waals surface area contributed by atoms with Crippen LogP contribution in [-0.2, 0) is 14.5 Å². The summed E-state index contributed by atoms with van der Waals surface area (Å²) in [5, 5.41) is 0. The van der Waals surface area contributed by atoms with Gasteiger partial charge in [-0.05, 0) is 79.2 Å². The zero-order valence-electron chi connectivity index (χ0n) is 19.8. The fraction of sp³-hybridized carbons (Fsp3) is 0.500. The Morgan fingerprint density at radius 1 is 1.33 bits per heavy atom. The highest BCUT2D eigenvalue weighted by molar-refractivity contribution is 9.10. The molecule has 1 saturated heterocycles.